The molecule has 2 N–H and O–H groups in total. The Morgan fingerprint density at radius 3 is 2.44 bits per heavy atom. The molecule has 5 rings (SSSR count). The number of aromatic amines is 1. The molecule has 6 nitrogen and oxygen atoms in total. The zero-order valence-electron chi connectivity index (χ0n) is 22.1. The van der Waals surface area contributed by atoms with E-state index in [0.29, 0.717) is 16.9 Å². The first-order valence-electron chi connectivity index (χ1n) is 13.3. The molecule has 39 heavy (non-hydrogen) atoms. The summed E-state index contributed by atoms with van der Waals surface area (Å²) in [5.74, 6) is -2.91. The van der Waals surface area contributed by atoms with Crippen molar-refractivity contribution in [3.63, 3.8) is 0 Å². The molecule has 0 saturated carbocycles. The molecule has 2 aromatic heterocycles. The molecule has 1 aliphatic heterocycles. The van der Waals surface area contributed by atoms with Crippen LogP contribution in [0.3, 0.4) is 0 Å². The Bertz CT molecular complexity index is 1650. The molecule has 0 spiro atoms. The maximum atomic E-state index is 16.2. The van der Waals surface area contributed by atoms with Crippen molar-refractivity contribution >= 4 is 20.7 Å². The second-order valence-corrected chi connectivity index (χ2v) is 12.6. The summed E-state index contributed by atoms with van der Waals surface area (Å²) in [4.78, 5) is 15.5. The molecule has 1 aliphatic rings. The summed E-state index contributed by atoms with van der Waals surface area (Å²) in [7, 11) is -2.12. The van der Waals surface area contributed by atoms with Gasteiger partial charge < -0.3 is 14.9 Å². The normalized spacial score (nSPS) is 15.2. The van der Waals surface area contributed by atoms with Gasteiger partial charge in [0.25, 0.3) is 11.5 Å². The molecule has 4 aromatic rings. The van der Waals surface area contributed by atoms with Crippen molar-refractivity contribution in [3.8, 4) is 11.1 Å². The molecule has 1 saturated heterocycles. The molecule has 2 aromatic carbocycles. The summed E-state index contributed by atoms with van der Waals surface area (Å²) in [5.41, 5.74) is 0.927. The smallest absolute Gasteiger partial charge is 0.299 e. The lowest BCUT2D eigenvalue weighted by Gasteiger charge is -2.23. The van der Waals surface area contributed by atoms with E-state index in [1.165, 1.54) is 48.0 Å². The number of rotatable bonds is 8. The van der Waals surface area contributed by atoms with Crippen LogP contribution in [0.2, 0.25) is 0 Å². The van der Waals surface area contributed by atoms with Crippen LogP contribution in [-0.4, -0.2) is 36.8 Å². The zero-order chi connectivity index (χ0) is 27.8. The molecule has 0 unspecified atom stereocenters. The van der Waals surface area contributed by atoms with Gasteiger partial charge in [-0.1, -0.05) is 37.3 Å². The average molecular weight is 554 g/mol. The number of sulfone groups is 1. The van der Waals surface area contributed by atoms with Crippen molar-refractivity contribution in [2.24, 2.45) is 13.0 Å². The molecule has 0 amide bonds. The van der Waals surface area contributed by atoms with E-state index in [-0.39, 0.29) is 38.4 Å². The highest BCUT2D eigenvalue weighted by molar-refractivity contribution is 7.91. The molecular formula is C30H33F2N3O3S. The van der Waals surface area contributed by atoms with Crippen LogP contribution in [0.1, 0.15) is 42.9 Å². The minimum Gasteiger partial charge on any atom is -0.357 e. The highest BCUT2D eigenvalue weighted by atomic mass is 32.2. The number of H-pyrrole nitrogens is 1. The van der Waals surface area contributed by atoms with E-state index in [4.69, 9.17) is 0 Å². The van der Waals surface area contributed by atoms with E-state index in [9.17, 15) is 13.2 Å². The third-order valence-corrected chi connectivity index (χ3v) is 9.60. The Hall–Kier alpha value is -3.30. The second kappa shape index (κ2) is 10.7. The van der Waals surface area contributed by atoms with Crippen molar-refractivity contribution in [2.75, 3.05) is 18.8 Å². The lowest BCUT2D eigenvalue weighted by atomic mass is 9.89. The van der Waals surface area contributed by atoms with Gasteiger partial charge >= 0.3 is 0 Å². The maximum absolute atomic E-state index is 16.2. The highest BCUT2D eigenvalue weighted by Gasteiger charge is 2.37. The number of piperidine rings is 1. The molecule has 0 radical (unpaired) electrons. The molecule has 3 heterocycles. The number of nitrogens with zero attached hydrogens (tertiary/aromatic N) is 1. The van der Waals surface area contributed by atoms with Crippen LogP contribution < -0.4 is 10.9 Å². The van der Waals surface area contributed by atoms with Crippen LogP contribution in [0.4, 0.5) is 8.78 Å². The summed E-state index contributed by atoms with van der Waals surface area (Å²) in [6, 6.07) is 11.8. The van der Waals surface area contributed by atoms with Crippen LogP contribution in [0, 0.1) is 5.92 Å². The number of nitrogens with one attached hydrogen (secondary N) is 2. The minimum atomic E-state index is -3.66. The number of aryl methyl sites for hydroxylation is 2. The Morgan fingerprint density at radius 2 is 1.74 bits per heavy atom. The van der Waals surface area contributed by atoms with Crippen molar-refractivity contribution in [2.45, 2.75) is 43.4 Å². The molecule has 206 valence electrons. The summed E-state index contributed by atoms with van der Waals surface area (Å²) < 4.78 is 59.2. The lowest BCUT2D eigenvalue weighted by molar-refractivity contribution is 0.0434. The van der Waals surface area contributed by atoms with Crippen molar-refractivity contribution in [3.05, 3.63) is 88.0 Å². The summed E-state index contributed by atoms with van der Waals surface area (Å²) >= 11 is 0. The zero-order valence-corrected chi connectivity index (χ0v) is 23.0. The Balaban J connectivity index is 1.57. The predicted octanol–water partition coefficient (Wildman–Crippen LogP) is 5.40. The van der Waals surface area contributed by atoms with E-state index in [2.05, 4.69) is 10.3 Å². The fourth-order valence-corrected chi connectivity index (χ4v) is 6.35. The number of aromatic nitrogens is 2. The molecule has 0 bridgehead atoms. The largest absolute Gasteiger partial charge is 0.357 e. The number of benzene rings is 2. The predicted molar refractivity (Wildman–Crippen MR) is 150 cm³/mol. The Kier molecular flexibility index (Phi) is 7.48. The van der Waals surface area contributed by atoms with E-state index in [0.717, 1.165) is 44.3 Å². The van der Waals surface area contributed by atoms with Gasteiger partial charge in [0.1, 0.15) is 5.52 Å². The average Bonchev–Trinajstić information content (AvgIpc) is 3.45. The Morgan fingerprint density at radius 1 is 1.03 bits per heavy atom. The van der Waals surface area contributed by atoms with Gasteiger partial charge in [0, 0.05) is 41.5 Å². The van der Waals surface area contributed by atoms with Crippen LogP contribution >= 0.6 is 0 Å². The first-order valence-corrected chi connectivity index (χ1v) is 15.0. The van der Waals surface area contributed by atoms with Gasteiger partial charge in [0.2, 0.25) is 0 Å². The quantitative estimate of drug-likeness (QED) is 0.306. The fourth-order valence-electron chi connectivity index (χ4n) is 5.44. The van der Waals surface area contributed by atoms with Crippen LogP contribution in [0.25, 0.3) is 22.0 Å². The van der Waals surface area contributed by atoms with Crippen molar-refractivity contribution < 1.29 is 17.2 Å². The Labute approximate surface area is 227 Å². The van der Waals surface area contributed by atoms with Crippen molar-refractivity contribution in [1.29, 1.82) is 0 Å². The van der Waals surface area contributed by atoms with Crippen molar-refractivity contribution in [1.82, 2.24) is 14.9 Å². The summed E-state index contributed by atoms with van der Waals surface area (Å²) in [6.45, 7) is 3.57. The number of hydrogen-bond donors (Lipinski definition) is 2. The SMILES string of the molecule is CCS(=O)(=O)c1ccc(C(F)(F)c2ccc(CCC3CCNCC3)cc2)c(-c2cn(C)c(=O)c3[nH]ccc23)c1. The number of hydrogen-bond acceptors (Lipinski definition) is 4. The van der Waals surface area contributed by atoms with Gasteiger partial charge in [-0.3, -0.25) is 4.79 Å². The third-order valence-electron chi connectivity index (χ3n) is 7.87. The molecular weight excluding hydrogens is 520 g/mol. The number of fused-ring (bicyclic) bond motifs is 1. The minimum absolute atomic E-state index is 0.0367. The fraction of sp³-hybridized carbons (Fsp3) is 0.367. The summed E-state index contributed by atoms with van der Waals surface area (Å²) in [5, 5.41) is 3.82. The summed E-state index contributed by atoms with van der Waals surface area (Å²) in [6.07, 6.45) is 7.22. The highest BCUT2D eigenvalue weighted by Crippen LogP contribution is 2.43. The molecule has 1 fully saturated rings. The first kappa shape index (κ1) is 27.3. The third kappa shape index (κ3) is 5.30. The van der Waals surface area contributed by atoms with Gasteiger partial charge in [0.15, 0.2) is 9.84 Å². The molecule has 0 atom stereocenters. The van der Waals surface area contributed by atoms with E-state index in [1.807, 2.05) is 0 Å². The maximum Gasteiger partial charge on any atom is 0.299 e. The van der Waals surface area contributed by atoms with E-state index in [1.54, 1.807) is 31.4 Å². The van der Waals surface area contributed by atoms with Crippen LogP contribution in [-0.2, 0) is 29.2 Å². The molecule has 0 aliphatic carbocycles. The van der Waals surface area contributed by atoms with E-state index < -0.39 is 15.8 Å². The lowest BCUT2D eigenvalue weighted by Crippen LogP contribution is -2.27. The number of halogens is 2. The van der Waals surface area contributed by atoms with Crippen LogP contribution in [0.15, 0.2) is 70.6 Å². The van der Waals surface area contributed by atoms with Gasteiger partial charge in [-0.2, -0.15) is 8.78 Å². The topological polar surface area (TPSA) is 84.0 Å². The van der Waals surface area contributed by atoms with Crippen LogP contribution in [0.5, 0.6) is 0 Å². The monoisotopic (exact) mass is 553 g/mol. The molecule has 9 heteroatoms. The van der Waals surface area contributed by atoms with Gasteiger partial charge in [0.05, 0.1) is 10.6 Å². The number of pyridine rings is 1. The van der Waals surface area contributed by atoms with Gasteiger partial charge in [-0.25, -0.2) is 8.42 Å². The first-order chi connectivity index (χ1) is 18.6. The van der Waals surface area contributed by atoms with E-state index >= 15 is 8.78 Å². The van der Waals surface area contributed by atoms with Gasteiger partial charge in [-0.05, 0) is 74.0 Å². The number of alkyl halides is 2. The van der Waals surface area contributed by atoms with Gasteiger partial charge in [-0.15, -0.1) is 0 Å². The standard InChI is InChI=1S/C30H33F2N3O3S/c1-3-39(37,38)23-10-11-27(25(18-23)26-19-35(2)29(36)28-24(26)14-17-34-28)30(31,32)22-8-6-20(7-9-22)4-5-21-12-15-33-16-13-21/h6-11,14,17-19,21,33-34H,3-5,12-13,15-16H2,1-2H3. The second-order valence-electron chi connectivity index (χ2n) is 10.3.